The fraction of sp³-hybridized carbons (Fsp3) is 0.143. The lowest BCUT2D eigenvalue weighted by Gasteiger charge is -2.13. The summed E-state index contributed by atoms with van der Waals surface area (Å²) in [4.78, 5) is 53.3. The Morgan fingerprint density at radius 3 is 2.00 bits per heavy atom. The molecule has 0 heterocycles. The fourth-order valence-electron chi connectivity index (χ4n) is 4.06. The van der Waals surface area contributed by atoms with Crippen molar-refractivity contribution in [2.75, 3.05) is 42.0 Å². The summed E-state index contributed by atoms with van der Waals surface area (Å²) in [5.41, 5.74) is 3.79. The van der Waals surface area contributed by atoms with Crippen LogP contribution in [-0.2, 0) is 14.3 Å². The number of hydrogen-bond donors (Lipinski definition) is 3. The van der Waals surface area contributed by atoms with E-state index in [0.29, 0.717) is 29.1 Å². The molecule has 230 valence electrons. The molecular weight excluding hydrogens is 588 g/mol. The van der Waals surface area contributed by atoms with Crippen molar-refractivity contribution in [1.29, 1.82) is 0 Å². The van der Waals surface area contributed by atoms with Gasteiger partial charge in [-0.3, -0.25) is 14.4 Å². The van der Waals surface area contributed by atoms with Crippen LogP contribution in [0.1, 0.15) is 33.2 Å². The number of anilines is 3. The maximum Gasteiger partial charge on any atom is 0.338 e. The van der Waals surface area contributed by atoms with Crippen molar-refractivity contribution in [3.63, 3.8) is 0 Å². The Labute approximate surface area is 266 Å². The summed E-state index contributed by atoms with van der Waals surface area (Å²) < 4.78 is 4.97. The quantitative estimate of drug-likeness (QED) is 0.0998. The molecule has 0 aliphatic rings. The Morgan fingerprint density at radius 1 is 0.756 bits per heavy atom. The van der Waals surface area contributed by atoms with Crippen LogP contribution in [0.4, 0.5) is 17.1 Å². The molecule has 10 heteroatoms. The molecule has 0 aliphatic carbocycles. The van der Waals surface area contributed by atoms with E-state index < -0.39 is 17.8 Å². The minimum absolute atomic E-state index is 0.0897. The molecular formula is C35H34N4O5S. The Bertz CT molecular complexity index is 1650. The van der Waals surface area contributed by atoms with Gasteiger partial charge < -0.3 is 25.6 Å². The average molecular weight is 623 g/mol. The molecule has 0 bridgehead atoms. The SMILES string of the molecule is CCOC(=O)c1ccc(NC(=O)CSc2ccc(NC(=O)/C(=C/c3ccc(N(C)C)cc3)NC(=O)c3ccccc3)cc2)cc1. The van der Waals surface area contributed by atoms with Gasteiger partial charge in [-0.1, -0.05) is 30.3 Å². The van der Waals surface area contributed by atoms with Crippen molar-refractivity contribution < 1.29 is 23.9 Å². The van der Waals surface area contributed by atoms with Crippen molar-refractivity contribution in [1.82, 2.24) is 5.32 Å². The fourth-order valence-corrected chi connectivity index (χ4v) is 4.76. The maximum atomic E-state index is 13.3. The van der Waals surface area contributed by atoms with Gasteiger partial charge in [0.25, 0.3) is 11.8 Å². The number of ether oxygens (including phenoxy) is 1. The van der Waals surface area contributed by atoms with Crippen molar-refractivity contribution in [2.45, 2.75) is 11.8 Å². The predicted molar refractivity (Wildman–Crippen MR) is 179 cm³/mol. The third-order valence-electron chi connectivity index (χ3n) is 6.41. The zero-order valence-electron chi connectivity index (χ0n) is 25.2. The van der Waals surface area contributed by atoms with Crippen molar-refractivity contribution in [3.8, 4) is 0 Å². The number of carbonyl (C=O) groups is 4. The number of benzene rings is 4. The van der Waals surface area contributed by atoms with Crippen LogP contribution < -0.4 is 20.9 Å². The van der Waals surface area contributed by atoms with E-state index in [1.807, 2.05) is 49.3 Å². The van der Waals surface area contributed by atoms with Gasteiger partial charge in [-0.05, 0) is 91.4 Å². The molecule has 0 saturated carbocycles. The summed E-state index contributed by atoms with van der Waals surface area (Å²) in [6.45, 7) is 2.03. The van der Waals surface area contributed by atoms with Crippen LogP contribution in [0.25, 0.3) is 6.08 Å². The number of carbonyl (C=O) groups excluding carboxylic acids is 4. The summed E-state index contributed by atoms with van der Waals surface area (Å²) in [6, 6.07) is 29.8. The Morgan fingerprint density at radius 2 is 1.38 bits per heavy atom. The number of nitrogens with zero attached hydrogens (tertiary/aromatic N) is 1. The first-order valence-electron chi connectivity index (χ1n) is 14.2. The van der Waals surface area contributed by atoms with Crippen LogP contribution in [0.5, 0.6) is 0 Å². The maximum absolute atomic E-state index is 13.3. The van der Waals surface area contributed by atoms with Gasteiger partial charge in [0.2, 0.25) is 5.91 Å². The molecule has 0 spiro atoms. The highest BCUT2D eigenvalue weighted by Gasteiger charge is 2.15. The lowest BCUT2D eigenvalue weighted by Crippen LogP contribution is -2.30. The van der Waals surface area contributed by atoms with Gasteiger partial charge in [0.15, 0.2) is 0 Å². The van der Waals surface area contributed by atoms with Crippen molar-refractivity contribution in [2.24, 2.45) is 0 Å². The summed E-state index contributed by atoms with van der Waals surface area (Å²) in [7, 11) is 3.88. The molecule has 0 aliphatic heterocycles. The van der Waals surface area contributed by atoms with Gasteiger partial charge in [-0.2, -0.15) is 0 Å². The van der Waals surface area contributed by atoms with Gasteiger partial charge in [0, 0.05) is 41.6 Å². The van der Waals surface area contributed by atoms with Crippen LogP contribution >= 0.6 is 11.8 Å². The van der Waals surface area contributed by atoms with E-state index in [9.17, 15) is 19.2 Å². The number of hydrogen-bond acceptors (Lipinski definition) is 7. The first kappa shape index (κ1) is 32.6. The van der Waals surface area contributed by atoms with Crippen molar-refractivity contribution in [3.05, 3.63) is 126 Å². The first-order chi connectivity index (χ1) is 21.7. The van der Waals surface area contributed by atoms with Gasteiger partial charge in [0.05, 0.1) is 17.9 Å². The summed E-state index contributed by atoms with van der Waals surface area (Å²) in [6.07, 6.45) is 1.63. The van der Waals surface area contributed by atoms with Crippen LogP contribution in [0.2, 0.25) is 0 Å². The molecule has 0 atom stereocenters. The number of nitrogens with one attached hydrogen (secondary N) is 3. The summed E-state index contributed by atoms with van der Waals surface area (Å²) >= 11 is 1.34. The number of amides is 3. The monoisotopic (exact) mass is 622 g/mol. The second-order valence-electron chi connectivity index (χ2n) is 9.98. The van der Waals surface area contributed by atoms with E-state index in [-0.39, 0.29) is 17.4 Å². The van der Waals surface area contributed by atoms with Crippen molar-refractivity contribution >= 4 is 58.6 Å². The topological polar surface area (TPSA) is 117 Å². The smallest absolute Gasteiger partial charge is 0.338 e. The molecule has 0 fully saturated rings. The van der Waals surface area contributed by atoms with Crippen LogP contribution in [0.15, 0.2) is 114 Å². The van der Waals surface area contributed by atoms with E-state index in [1.54, 1.807) is 85.8 Å². The van der Waals surface area contributed by atoms with E-state index in [4.69, 9.17) is 4.74 Å². The van der Waals surface area contributed by atoms with E-state index in [2.05, 4.69) is 16.0 Å². The molecule has 4 aromatic carbocycles. The molecule has 3 N–H and O–H groups in total. The minimum atomic E-state index is -0.482. The Hall–Kier alpha value is -5.35. The highest BCUT2D eigenvalue weighted by molar-refractivity contribution is 8.00. The van der Waals surface area contributed by atoms with Crippen LogP contribution in [0.3, 0.4) is 0 Å². The zero-order chi connectivity index (χ0) is 32.2. The van der Waals surface area contributed by atoms with E-state index in [1.165, 1.54) is 11.8 Å². The summed E-state index contributed by atoms with van der Waals surface area (Å²) in [5.74, 6) is -1.34. The molecule has 45 heavy (non-hydrogen) atoms. The van der Waals surface area contributed by atoms with Crippen LogP contribution in [-0.4, -0.2) is 50.1 Å². The largest absolute Gasteiger partial charge is 0.462 e. The normalized spacial score (nSPS) is 10.9. The third-order valence-corrected chi connectivity index (χ3v) is 7.42. The average Bonchev–Trinajstić information content (AvgIpc) is 3.05. The molecule has 0 unspecified atom stereocenters. The number of esters is 1. The van der Waals surface area contributed by atoms with Gasteiger partial charge >= 0.3 is 5.97 Å². The molecule has 3 amide bonds. The number of rotatable bonds is 12. The lowest BCUT2D eigenvalue weighted by molar-refractivity contribution is -0.114. The van der Waals surface area contributed by atoms with E-state index >= 15 is 0 Å². The van der Waals surface area contributed by atoms with Crippen LogP contribution in [0, 0.1) is 0 Å². The minimum Gasteiger partial charge on any atom is -0.462 e. The first-order valence-corrected chi connectivity index (χ1v) is 15.2. The molecule has 0 aromatic heterocycles. The van der Waals surface area contributed by atoms with Gasteiger partial charge in [0.1, 0.15) is 5.70 Å². The standard InChI is InChI=1S/C35H34N4O5S/c1-4-44-35(43)26-12-14-27(15-13-26)36-32(40)23-45-30-20-16-28(17-21-30)37-34(42)31(38-33(41)25-8-6-5-7-9-25)22-24-10-18-29(19-11-24)39(2)3/h5-22H,4,23H2,1-3H3,(H,36,40)(H,37,42)(H,38,41)/b31-22-. The molecule has 4 rings (SSSR count). The molecule has 9 nitrogen and oxygen atoms in total. The zero-order valence-corrected chi connectivity index (χ0v) is 26.0. The second-order valence-corrected chi connectivity index (χ2v) is 11.0. The second kappa shape index (κ2) is 15.9. The highest BCUT2D eigenvalue weighted by Crippen LogP contribution is 2.22. The van der Waals surface area contributed by atoms with Gasteiger partial charge in [-0.25, -0.2) is 4.79 Å². The highest BCUT2D eigenvalue weighted by atomic mass is 32.2. The Kier molecular flexibility index (Phi) is 11.5. The van der Waals surface area contributed by atoms with Gasteiger partial charge in [-0.15, -0.1) is 11.8 Å². The Balaban J connectivity index is 1.37. The number of thioether (sulfide) groups is 1. The predicted octanol–water partition coefficient (Wildman–Crippen LogP) is 6.07. The summed E-state index contributed by atoms with van der Waals surface area (Å²) in [5, 5.41) is 8.39. The van der Waals surface area contributed by atoms with E-state index in [0.717, 1.165) is 16.1 Å². The molecule has 0 radical (unpaired) electrons. The third kappa shape index (κ3) is 9.84. The molecule has 0 saturated heterocycles. The lowest BCUT2D eigenvalue weighted by atomic mass is 10.1. The molecule has 4 aromatic rings.